The molecule has 2 aliphatic rings. The molecular weight excluding hydrogens is 268 g/mol. The van der Waals surface area contributed by atoms with Gasteiger partial charge in [-0.1, -0.05) is 19.8 Å². The molecule has 2 aliphatic carbocycles. The van der Waals surface area contributed by atoms with Crippen molar-refractivity contribution in [3.8, 4) is 0 Å². The normalized spacial score (nSPS) is 27.5. The van der Waals surface area contributed by atoms with Crippen molar-refractivity contribution >= 4 is 12.0 Å². The third-order valence-corrected chi connectivity index (χ3v) is 5.06. The first kappa shape index (κ1) is 16.1. The molecule has 0 aromatic carbocycles. The Kier molecular flexibility index (Phi) is 5.48. The summed E-state index contributed by atoms with van der Waals surface area (Å²) in [5, 5.41) is 14.9. The third kappa shape index (κ3) is 4.61. The number of hydrogen-bond donors (Lipinski definition) is 3. The Bertz CT molecular complexity index is 372. The van der Waals surface area contributed by atoms with Crippen LogP contribution in [0.15, 0.2) is 0 Å². The predicted molar refractivity (Wildman–Crippen MR) is 81.2 cm³/mol. The molecule has 0 aliphatic heterocycles. The molecular formula is C16H28N2O3. The summed E-state index contributed by atoms with van der Waals surface area (Å²) in [7, 11) is 0. The highest BCUT2D eigenvalue weighted by molar-refractivity contribution is 5.77. The Morgan fingerprint density at radius 1 is 1.19 bits per heavy atom. The number of carboxylic acid groups (broad SMARTS) is 1. The second-order valence-corrected chi connectivity index (χ2v) is 6.81. The van der Waals surface area contributed by atoms with Crippen LogP contribution in [0, 0.1) is 5.92 Å². The molecule has 21 heavy (non-hydrogen) atoms. The molecule has 2 amide bonds. The van der Waals surface area contributed by atoms with Crippen LogP contribution < -0.4 is 10.6 Å². The SMILES string of the molecule is CCCC1CCC(NC(=O)NC2(CC(=O)O)CCC2)CC1. The van der Waals surface area contributed by atoms with Gasteiger partial charge in [-0.25, -0.2) is 4.79 Å². The van der Waals surface area contributed by atoms with Gasteiger partial charge in [-0.3, -0.25) is 4.79 Å². The van der Waals surface area contributed by atoms with Crippen molar-refractivity contribution < 1.29 is 14.7 Å². The molecule has 2 saturated carbocycles. The van der Waals surface area contributed by atoms with Gasteiger partial charge in [-0.05, 0) is 50.9 Å². The topological polar surface area (TPSA) is 78.4 Å². The lowest BCUT2D eigenvalue weighted by atomic mass is 9.74. The first-order valence-electron chi connectivity index (χ1n) is 8.33. The van der Waals surface area contributed by atoms with E-state index in [1.54, 1.807) is 0 Å². The van der Waals surface area contributed by atoms with Gasteiger partial charge in [-0.2, -0.15) is 0 Å². The van der Waals surface area contributed by atoms with Crippen molar-refractivity contribution in [3.05, 3.63) is 0 Å². The number of nitrogens with one attached hydrogen (secondary N) is 2. The molecule has 0 saturated heterocycles. The molecule has 5 heteroatoms. The lowest BCUT2D eigenvalue weighted by Gasteiger charge is -2.42. The molecule has 0 spiro atoms. The summed E-state index contributed by atoms with van der Waals surface area (Å²) < 4.78 is 0. The maximum atomic E-state index is 12.1. The van der Waals surface area contributed by atoms with Gasteiger partial charge in [0, 0.05) is 6.04 Å². The molecule has 0 radical (unpaired) electrons. The van der Waals surface area contributed by atoms with Crippen LogP contribution in [-0.4, -0.2) is 28.7 Å². The van der Waals surface area contributed by atoms with Gasteiger partial charge in [0.2, 0.25) is 0 Å². The minimum atomic E-state index is -0.838. The average Bonchev–Trinajstić information content (AvgIpc) is 2.38. The summed E-state index contributed by atoms with van der Waals surface area (Å²) in [6.07, 6.45) is 9.58. The van der Waals surface area contributed by atoms with Gasteiger partial charge in [0.25, 0.3) is 0 Å². The number of hydrogen-bond acceptors (Lipinski definition) is 2. The van der Waals surface area contributed by atoms with E-state index in [0.29, 0.717) is 0 Å². The van der Waals surface area contributed by atoms with Gasteiger partial charge < -0.3 is 15.7 Å². The third-order valence-electron chi connectivity index (χ3n) is 5.06. The highest BCUT2D eigenvalue weighted by Crippen LogP contribution is 2.35. The summed E-state index contributed by atoms with van der Waals surface area (Å²) in [5.74, 6) is -0.0174. The van der Waals surface area contributed by atoms with E-state index in [4.69, 9.17) is 5.11 Å². The van der Waals surface area contributed by atoms with E-state index in [1.165, 1.54) is 25.7 Å². The standard InChI is InChI=1S/C16H28N2O3/c1-2-4-12-5-7-13(8-6-12)17-15(21)18-16(9-3-10-16)11-14(19)20/h12-13H,2-11H2,1H3,(H,19,20)(H2,17,18,21). The summed E-state index contributed by atoms with van der Waals surface area (Å²) in [6.45, 7) is 2.22. The molecule has 120 valence electrons. The lowest BCUT2D eigenvalue weighted by Crippen LogP contribution is -2.58. The van der Waals surface area contributed by atoms with Crippen molar-refractivity contribution in [1.29, 1.82) is 0 Å². The van der Waals surface area contributed by atoms with Gasteiger partial charge in [0.15, 0.2) is 0 Å². The van der Waals surface area contributed by atoms with E-state index < -0.39 is 11.5 Å². The first-order chi connectivity index (χ1) is 10.0. The van der Waals surface area contributed by atoms with Gasteiger partial charge in [0.1, 0.15) is 0 Å². The summed E-state index contributed by atoms with van der Waals surface area (Å²) in [5.41, 5.74) is -0.505. The molecule has 0 atom stereocenters. The maximum absolute atomic E-state index is 12.1. The zero-order valence-corrected chi connectivity index (χ0v) is 13.0. The molecule has 0 aromatic heterocycles. The predicted octanol–water partition coefficient (Wildman–Crippen LogP) is 3.04. The van der Waals surface area contributed by atoms with Crippen molar-refractivity contribution in [2.75, 3.05) is 0 Å². The Morgan fingerprint density at radius 3 is 2.33 bits per heavy atom. The van der Waals surface area contributed by atoms with E-state index in [2.05, 4.69) is 17.6 Å². The van der Waals surface area contributed by atoms with E-state index in [9.17, 15) is 9.59 Å². The van der Waals surface area contributed by atoms with Crippen LogP contribution in [0.4, 0.5) is 4.79 Å². The Morgan fingerprint density at radius 2 is 1.86 bits per heavy atom. The smallest absolute Gasteiger partial charge is 0.315 e. The maximum Gasteiger partial charge on any atom is 0.315 e. The van der Waals surface area contributed by atoms with Crippen LogP contribution in [0.2, 0.25) is 0 Å². The number of carboxylic acids is 1. The van der Waals surface area contributed by atoms with Crippen molar-refractivity contribution in [2.24, 2.45) is 5.92 Å². The number of urea groups is 1. The number of aliphatic carboxylic acids is 1. The second kappa shape index (κ2) is 7.14. The van der Waals surface area contributed by atoms with Crippen molar-refractivity contribution in [2.45, 2.75) is 82.7 Å². The fourth-order valence-electron chi connectivity index (χ4n) is 3.71. The van der Waals surface area contributed by atoms with Gasteiger partial charge >= 0.3 is 12.0 Å². The molecule has 0 unspecified atom stereocenters. The van der Waals surface area contributed by atoms with Crippen molar-refractivity contribution in [3.63, 3.8) is 0 Å². The van der Waals surface area contributed by atoms with Crippen LogP contribution in [0.1, 0.15) is 71.1 Å². The molecule has 2 rings (SSSR count). The molecule has 2 fully saturated rings. The fourth-order valence-corrected chi connectivity index (χ4v) is 3.71. The van der Waals surface area contributed by atoms with Crippen LogP contribution in [0.5, 0.6) is 0 Å². The molecule has 5 nitrogen and oxygen atoms in total. The zero-order chi connectivity index (χ0) is 15.3. The molecule has 0 aromatic rings. The Labute approximate surface area is 126 Å². The van der Waals surface area contributed by atoms with Crippen molar-refractivity contribution in [1.82, 2.24) is 10.6 Å². The van der Waals surface area contributed by atoms with Crippen LogP contribution in [-0.2, 0) is 4.79 Å². The quantitative estimate of drug-likeness (QED) is 0.705. The highest BCUT2D eigenvalue weighted by Gasteiger charge is 2.40. The highest BCUT2D eigenvalue weighted by atomic mass is 16.4. The monoisotopic (exact) mass is 296 g/mol. The molecule has 3 N–H and O–H groups in total. The van der Waals surface area contributed by atoms with E-state index in [1.807, 2.05) is 0 Å². The lowest BCUT2D eigenvalue weighted by molar-refractivity contribution is -0.139. The second-order valence-electron chi connectivity index (χ2n) is 6.81. The fraction of sp³-hybridized carbons (Fsp3) is 0.875. The summed E-state index contributed by atoms with van der Waals surface area (Å²) in [6, 6.07) is 0.0648. The van der Waals surface area contributed by atoms with Gasteiger partial charge in [0.05, 0.1) is 12.0 Å². The minimum Gasteiger partial charge on any atom is -0.481 e. The van der Waals surface area contributed by atoms with E-state index in [0.717, 1.165) is 38.0 Å². The minimum absolute atomic E-state index is 0.0314. The first-order valence-corrected chi connectivity index (χ1v) is 8.33. The average molecular weight is 296 g/mol. The Balaban J connectivity index is 1.73. The molecule has 0 bridgehead atoms. The number of amides is 2. The van der Waals surface area contributed by atoms with Crippen LogP contribution in [0.3, 0.4) is 0 Å². The van der Waals surface area contributed by atoms with E-state index >= 15 is 0 Å². The van der Waals surface area contributed by atoms with Crippen LogP contribution >= 0.6 is 0 Å². The zero-order valence-electron chi connectivity index (χ0n) is 13.0. The largest absolute Gasteiger partial charge is 0.481 e. The number of carbonyl (C=O) groups is 2. The van der Waals surface area contributed by atoms with Crippen LogP contribution in [0.25, 0.3) is 0 Å². The number of carbonyl (C=O) groups excluding carboxylic acids is 1. The van der Waals surface area contributed by atoms with E-state index in [-0.39, 0.29) is 18.5 Å². The summed E-state index contributed by atoms with van der Waals surface area (Å²) in [4.78, 5) is 23.0. The number of rotatable bonds is 6. The van der Waals surface area contributed by atoms with Gasteiger partial charge in [-0.15, -0.1) is 0 Å². The summed E-state index contributed by atoms with van der Waals surface area (Å²) >= 11 is 0. The Hall–Kier alpha value is -1.26. The molecule has 0 heterocycles.